The molecule has 4 rings (SSSR count). The van der Waals surface area contributed by atoms with Crippen molar-refractivity contribution in [2.24, 2.45) is 0 Å². The molecule has 0 N–H and O–H groups in total. The van der Waals surface area contributed by atoms with Crippen LogP contribution in [0.15, 0.2) is 33.9 Å². The van der Waals surface area contributed by atoms with Crippen LogP contribution in [0.1, 0.15) is 57.3 Å². The van der Waals surface area contributed by atoms with Gasteiger partial charge >= 0.3 is 0 Å². The summed E-state index contributed by atoms with van der Waals surface area (Å²) in [7, 11) is 0. The van der Waals surface area contributed by atoms with E-state index >= 15 is 0 Å². The molecule has 1 aliphatic heterocycles. The summed E-state index contributed by atoms with van der Waals surface area (Å²) in [4.78, 5) is 6.88. The number of aryl methyl sites for hydroxylation is 1. The molecule has 0 spiro atoms. The fraction of sp³-hybridized carbons (Fsp3) is 0.524. The van der Waals surface area contributed by atoms with E-state index in [1.54, 1.807) is 11.8 Å². The lowest BCUT2D eigenvalue weighted by atomic mass is 9.97. The summed E-state index contributed by atoms with van der Waals surface area (Å²) < 4.78 is 7.57. The molecule has 29 heavy (non-hydrogen) atoms. The van der Waals surface area contributed by atoms with Gasteiger partial charge in [0, 0.05) is 18.5 Å². The first kappa shape index (κ1) is 19.9. The number of hydrogen-bond donors (Lipinski definition) is 0. The van der Waals surface area contributed by atoms with Crippen LogP contribution in [0, 0.1) is 6.92 Å². The third kappa shape index (κ3) is 4.47. The fourth-order valence-electron chi connectivity index (χ4n) is 3.32. The number of aromatic nitrogens is 5. The average molecular weight is 413 g/mol. The molecule has 1 aliphatic rings. The first-order valence-electron chi connectivity index (χ1n) is 10.1. The Balaban J connectivity index is 1.61. The number of anilines is 1. The van der Waals surface area contributed by atoms with Gasteiger partial charge in [-0.15, -0.1) is 10.2 Å². The zero-order valence-corrected chi connectivity index (χ0v) is 18.4. The number of piperidine rings is 1. The minimum Gasteiger partial charge on any atom is -0.341 e. The molecule has 3 aromatic rings. The maximum absolute atomic E-state index is 5.42. The Hall–Kier alpha value is -2.35. The summed E-state index contributed by atoms with van der Waals surface area (Å²) >= 11 is 1.59. The molecule has 0 bridgehead atoms. The van der Waals surface area contributed by atoms with E-state index in [0.29, 0.717) is 17.5 Å². The highest BCUT2D eigenvalue weighted by Crippen LogP contribution is 2.30. The molecule has 1 fully saturated rings. The maximum Gasteiger partial charge on any atom is 0.232 e. The molecule has 0 amide bonds. The topological polar surface area (TPSA) is 72.9 Å². The van der Waals surface area contributed by atoms with Gasteiger partial charge < -0.3 is 9.42 Å². The molecule has 154 valence electrons. The lowest BCUT2D eigenvalue weighted by Gasteiger charge is -2.27. The van der Waals surface area contributed by atoms with Crippen LogP contribution in [0.25, 0.3) is 5.69 Å². The lowest BCUT2D eigenvalue weighted by Crippen LogP contribution is -2.31. The SMILES string of the molecule is Cc1ccc(-n2c(SCc3noc(C(C)(C)C)n3)nnc2N2CCCCC2)cc1. The van der Waals surface area contributed by atoms with Gasteiger partial charge in [0.25, 0.3) is 0 Å². The first-order chi connectivity index (χ1) is 13.9. The largest absolute Gasteiger partial charge is 0.341 e. The van der Waals surface area contributed by atoms with Crippen molar-refractivity contribution in [3.8, 4) is 5.69 Å². The first-order valence-corrected chi connectivity index (χ1v) is 11.1. The number of rotatable bonds is 5. The molecular formula is C21H28N6OS. The number of hydrogen-bond acceptors (Lipinski definition) is 7. The van der Waals surface area contributed by atoms with Gasteiger partial charge in [0.05, 0.1) is 11.4 Å². The Morgan fingerprint density at radius 3 is 2.41 bits per heavy atom. The summed E-state index contributed by atoms with van der Waals surface area (Å²) in [5.41, 5.74) is 2.16. The second-order valence-corrected chi connectivity index (χ2v) is 9.50. The van der Waals surface area contributed by atoms with Gasteiger partial charge in [-0.3, -0.25) is 4.57 Å². The molecule has 0 saturated carbocycles. The Bertz CT molecular complexity index is 950. The Morgan fingerprint density at radius 1 is 1.03 bits per heavy atom. The van der Waals surface area contributed by atoms with Gasteiger partial charge in [-0.05, 0) is 38.3 Å². The molecule has 0 atom stereocenters. The van der Waals surface area contributed by atoms with E-state index in [-0.39, 0.29) is 5.41 Å². The lowest BCUT2D eigenvalue weighted by molar-refractivity contribution is 0.319. The second-order valence-electron chi connectivity index (χ2n) is 8.56. The molecule has 3 heterocycles. The van der Waals surface area contributed by atoms with Gasteiger partial charge in [0.1, 0.15) is 0 Å². The van der Waals surface area contributed by atoms with Crippen molar-refractivity contribution in [1.82, 2.24) is 24.9 Å². The van der Waals surface area contributed by atoms with E-state index in [1.165, 1.54) is 24.8 Å². The van der Waals surface area contributed by atoms with Crippen molar-refractivity contribution in [3.63, 3.8) is 0 Å². The second kappa shape index (κ2) is 8.18. The van der Waals surface area contributed by atoms with Crippen LogP contribution >= 0.6 is 11.8 Å². The minimum absolute atomic E-state index is 0.154. The van der Waals surface area contributed by atoms with E-state index in [9.17, 15) is 0 Å². The van der Waals surface area contributed by atoms with Crippen molar-refractivity contribution in [3.05, 3.63) is 41.5 Å². The molecule has 0 aliphatic carbocycles. The van der Waals surface area contributed by atoms with Crippen molar-refractivity contribution in [1.29, 1.82) is 0 Å². The van der Waals surface area contributed by atoms with E-state index in [2.05, 4.69) is 81.8 Å². The summed E-state index contributed by atoms with van der Waals surface area (Å²) in [6.07, 6.45) is 3.67. The van der Waals surface area contributed by atoms with Gasteiger partial charge in [-0.2, -0.15) is 4.98 Å². The Labute approximate surface area is 175 Å². The molecular weight excluding hydrogens is 384 g/mol. The number of benzene rings is 1. The molecule has 7 nitrogen and oxygen atoms in total. The van der Waals surface area contributed by atoms with Crippen molar-refractivity contribution in [2.75, 3.05) is 18.0 Å². The standard InChI is InChI=1S/C21H28N6OS/c1-15-8-10-16(11-9-15)27-19(26-12-6-5-7-13-26)23-24-20(27)29-14-17-22-18(28-25-17)21(2,3)4/h8-11H,5-7,12-14H2,1-4H3. The third-order valence-corrected chi connectivity index (χ3v) is 5.91. The fourth-order valence-corrected chi connectivity index (χ4v) is 4.11. The highest BCUT2D eigenvalue weighted by Gasteiger charge is 2.24. The zero-order valence-electron chi connectivity index (χ0n) is 17.6. The van der Waals surface area contributed by atoms with Gasteiger partial charge in [-0.25, -0.2) is 0 Å². The van der Waals surface area contributed by atoms with Crippen LogP contribution in [0.3, 0.4) is 0 Å². The zero-order chi connectivity index (χ0) is 20.4. The monoisotopic (exact) mass is 412 g/mol. The normalized spacial score (nSPS) is 15.1. The number of thioether (sulfide) groups is 1. The predicted molar refractivity (Wildman–Crippen MR) is 115 cm³/mol. The Morgan fingerprint density at radius 2 is 1.76 bits per heavy atom. The van der Waals surface area contributed by atoms with E-state index < -0.39 is 0 Å². The van der Waals surface area contributed by atoms with E-state index in [4.69, 9.17) is 4.52 Å². The van der Waals surface area contributed by atoms with Gasteiger partial charge in [-0.1, -0.05) is 55.4 Å². The highest BCUT2D eigenvalue weighted by atomic mass is 32.2. The van der Waals surface area contributed by atoms with Crippen LogP contribution in [0.2, 0.25) is 0 Å². The van der Waals surface area contributed by atoms with Crippen molar-refractivity contribution < 1.29 is 4.52 Å². The van der Waals surface area contributed by atoms with Crippen LogP contribution in [0.4, 0.5) is 5.95 Å². The predicted octanol–water partition coefficient (Wildman–Crippen LogP) is 4.54. The summed E-state index contributed by atoms with van der Waals surface area (Å²) in [5, 5.41) is 14.0. The van der Waals surface area contributed by atoms with Crippen LogP contribution in [-0.4, -0.2) is 38.0 Å². The maximum atomic E-state index is 5.42. The van der Waals surface area contributed by atoms with Gasteiger partial charge in [0.15, 0.2) is 11.0 Å². The van der Waals surface area contributed by atoms with Crippen LogP contribution in [0.5, 0.6) is 0 Å². The Kier molecular flexibility index (Phi) is 5.63. The van der Waals surface area contributed by atoms with Crippen LogP contribution < -0.4 is 4.90 Å². The highest BCUT2D eigenvalue weighted by molar-refractivity contribution is 7.98. The van der Waals surface area contributed by atoms with Gasteiger partial charge in [0.2, 0.25) is 11.8 Å². The quantitative estimate of drug-likeness (QED) is 0.570. The third-order valence-electron chi connectivity index (χ3n) is 4.99. The molecule has 1 aromatic carbocycles. The minimum atomic E-state index is -0.154. The van der Waals surface area contributed by atoms with E-state index in [0.717, 1.165) is 29.9 Å². The molecule has 0 radical (unpaired) electrons. The average Bonchev–Trinajstić information content (AvgIpc) is 3.35. The van der Waals surface area contributed by atoms with E-state index in [1.807, 2.05) is 0 Å². The summed E-state index contributed by atoms with van der Waals surface area (Å²) in [6.45, 7) is 10.3. The summed E-state index contributed by atoms with van der Waals surface area (Å²) in [5.74, 6) is 2.84. The molecule has 1 saturated heterocycles. The molecule has 8 heteroatoms. The smallest absolute Gasteiger partial charge is 0.232 e. The molecule has 0 unspecified atom stereocenters. The number of nitrogens with zero attached hydrogens (tertiary/aromatic N) is 6. The summed E-state index contributed by atoms with van der Waals surface area (Å²) in [6, 6.07) is 8.50. The van der Waals surface area contributed by atoms with Crippen molar-refractivity contribution in [2.45, 2.75) is 63.3 Å². The van der Waals surface area contributed by atoms with Crippen LogP contribution in [-0.2, 0) is 11.2 Å². The molecule has 2 aromatic heterocycles. The van der Waals surface area contributed by atoms with Crippen molar-refractivity contribution >= 4 is 17.7 Å².